The molecule has 0 saturated heterocycles. The van der Waals surface area contributed by atoms with Crippen LogP contribution in [0.2, 0.25) is 5.02 Å². The molecule has 0 heterocycles. The number of benzene rings is 2. The van der Waals surface area contributed by atoms with E-state index < -0.39 is 0 Å². The van der Waals surface area contributed by atoms with Crippen molar-refractivity contribution in [3.63, 3.8) is 0 Å². The Labute approximate surface area is 210 Å². The zero-order chi connectivity index (χ0) is 24.9. The molecule has 34 heavy (non-hydrogen) atoms. The number of carbonyl (C=O) groups is 1. The van der Waals surface area contributed by atoms with Crippen molar-refractivity contribution in [3.8, 4) is 5.75 Å². The number of amides is 1. The molecule has 0 aromatic heterocycles. The molecule has 2 rings (SSSR count). The summed E-state index contributed by atoms with van der Waals surface area (Å²) in [4.78, 5) is 13.4. The van der Waals surface area contributed by atoms with Crippen molar-refractivity contribution >= 4 is 23.6 Å². The SMILES string of the molecule is CCCC[C@H](C)CN[C@@H](Cc1ccc(O)cc1)C(=O)N[C@H](/C=C\c1ccc(Cl)cc1)CC(C)C. The van der Waals surface area contributed by atoms with Crippen LogP contribution in [-0.4, -0.2) is 29.6 Å². The van der Waals surface area contributed by atoms with Crippen LogP contribution < -0.4 is 10.6 Å². The van der Waals surface area contributed by atoms with Gasteiger partial charge in [0.2, 0.25) is 5.91 Å². The molecule has 0 saturated carbocycles. The molecule has 3 N–H and O–H groups in total. The fourth-order valence-corrected chi connectivity index (χ4v) is 4.03. The van der Waals surface area contributed by atoms with Crippen LogP contribution in [0, 0.1) is 11.8 Å². The van der Waals surface area contributed by atoms with Gasteiger partial charge < -0.3 is 15.7 Å². The molecule has 186 valence electrons. The quantitative estimate of drug-likeness (QED) is 0.282. The van der Waals surface area contributed by atoms with E-state index in [0.717, 1.165) is 30.5 Å². The molecule has 4 nitrogen and oxygen atoms in total. The van der Waals surface area contributed by atoms with Crippen molar-refractivity contribution in [1.29, 1.82) is 0 Å². The highest BCUT2D eigenvalue weighted by atomic mass is 35.5. The van der Waals surface area contributed by atoms with Crippen LogP contribution in [0.15, 0.2) is 54.6 Å². The van der Waals surface area contributed by atoms with Crippen molar-refractivity contribution in [2.75, 3.05) is 6.54 Å². The Morgan fingerprint density at radius 1 is 1.06 bits per heavy atom. The Morgan fingerprint density at radius 3 is 2.35 bits per heavy atom. The van der Waals surface area contributed by atoms with E-state index in [2.05, 4.69) is 44.4 Å². The molecule has 0 unspecified atom stereocenters. The molecule has 0 bridgehead atoms. The molecule has 1 amide bonds. The molecule has 0 aliphatic carbocycles. The van der Waals surface area contributed by atoms with Gasteiger partial charge in [-0.05, 0) is 73.0 Å². The molecule has 0 spiro atoms. The predicted molar refractivity (Wildman–Crippen MR) is 144 cm³/mol. The second-order valence-corrected chi connectivity index (χ2v) is 10.2. The highest BCUT2D eigenvalue weighted by Crippen LogP contribution is 2.15. The van der Waals surface area contributed by atoms with E-state index in [1.807, 2.05) is 42.5 Å². The summed E-state index contributed by atoms with van der Waals surface area (Å²) in [5.74, 6) is 1.18. The van der Waals surface area contributed by atoms with E-state index >= 15 is 0 Å². The van der Waals surface area contributed by atoms with Crippen LogP contribution >= 0.6 is 11.6 Å². The zero-order valence-electron chi connectivity index (χ0n) is 21.1. The van der Waals surface area contributed by atoms with Crippen molar-refractivity contribution in [1.82, 2.24) is 10.6 Å². The molecular weight excluding hydrogens is 444 g/mol. The number of nitrogens with one attached hydrogen (secondary N) is 2. The Kier molecular flexibility index (Phi) is 12.2. The lowest BCUT2D eigenvalue weighted by Gasteiger charge is -2.24. The first-order valence-corrected chi connectivity index (χ1v) is 12.9. The maximum atomic E-state index is 13.4. The number of phenols is 1. The summed E-state index contributed by atoms with van der Waals surface area (Å²) >= 11 is 6.00. The summed E-state index contributed by atoms with van der Waals surface area (Å²) in [5, 5.41) is 17.1. The van der Waals surface area contributed by atoms with Gasteiger partial charge in [-0.2, -0.15) is 0 Å². The lowest BCUT2D eigenvalue weighted by atomic mass is 9.99. The van der Waals surface area contributed by atoms with Gasteiger partial charge in [0.15, 0.2) is 0 Å². The first-order chi connectivity index (χ1) is 16.3. The Bertz CT molecular complexity index is 878. The van der Waals surface area contributed by atoms with E-state index in [0.29, 0.717) is 23.3 Å². The second-order valence-electron chi connectivity index (χ2n) is 9.73. The molecular formula is C29H41ClN2O2. The van der Waals surface area contributed by atoms with Crippen molar-refractivity contribution in [3.05, 3.63) is 70.8 Å². The lowest BCUT2D eigenvalue weighted by Crippen LogP contribution is -2.49. The summed E-state index contributed by atoms with van der Waals surface area (Å²) in [6, 6.07) is 14.4. The summed E-state index contributed by atoms with van der Waals surface area (Å²) in [5.41, 5.74) is 2.07. The van der Waals surface area contributed by atoms with Gasteiger partial charge in [0.1, 0.15) is 5.75 Å². The smallest absolute Gasteiger partial charge is 0.237 e. The van der Waals surface area contributed by atoms with Gasteiger partial charge in [-0.1, -0.05) is 88.6 Å². The molecule has 0 radical (unpaired) electrons. The van der Waals surface area contributed by atoms with Crippen molar-refractivity contribution in [2.45, 2.75) is 71.9 Å². The number of phenolic OH excluding ortho intramolecular Hbond substituents is 1. The topological polar surface area (TPSA) is 61.4 Å². The molecule has 2 aromatic rings. The summed E-state index contributed by atoms with van der Waals surface area (Å²) in [6.07, 6.45) is 9.07. The first-order valence-electron chi connectivity index (χ1n) is 12.5. The number of carbonyl (C=O) groups excluding carboxylic acids is 1. The molecule has 2 aromatic carbocycles. The van der Waals surface area contributed by atoms with Gasteiger partial charge in [-0.15, -0.1) is 0 Å². The monoisotopic (exact) mass is 484 g/mol. The number of rotatable bonds is 14. The maximum absolute atomic E-state index is 13.4. The minimum atomic E-state index is -0.341. The lowest BCUT2D eigenvalue weighted by molar-refractivity contribution is -0.123. The number of hydrogen-bond acceptors (Lipinski definition) is 3. The fourth-order valence-electron chi connectivity index (χ4n) is 3.90. The van der Waals surface area contributed by atoms with E-state index in [4.69, 9.17) is 11.6 Å². The molecule has 0 aliphatic heterocycles. The van der Waals surface area contributed by atoms with E-state index in [1.54, 1.807) is 12.1 Å². The Hall–Kier alpha value is -2.30. The van der Waals surface area contributed by atoms with Crippen molar-refractivity contribution in [2.24, 2.45) is 11.8 Å². The number of hydrogen-bond donors (Lipinski definition) is 3. The van der Waals surface area contributed by atoms with Gasteiger partial charge >= 0.3 is 0 Å². The number of unbranched alkanes of at least 4 members (excludes halogenated alkanes) is 1. The van der Waals surface area contributed by atoms with Crippen LogP contribution in [0.25, 0.3) is 6.08 Å². The van der Waals surface area contributed by atoms with E-state index in [1.165, 1.54) is 12.8 Å². The third kappa shape index (κ3) is 10.8. The van der Waals surface area contributed by atoms with Crippen LogP contribution in [0.5, 0.6) is 5.75 Å². The normalized spacial score (nSPS) is 14.3. The van der Waals surface area contributed by atoms with Crippen LogP contribution in [0.1, 0.15) is 64.5 Å². The Morgan fingerprint density at radius 2 is 1.74 bits per heavy atom. The molecule has 0 aliphatic rings. The minimum Gasteiger partial charge on any atom is -0.508 e. The predicted octanol–water partition coefficient (Wildman–Crippen LogP) is 6.62. The van der Waals surface area contributed by atoms with E-state index in [9.17, 15) is 9.90 Å². The van der Waals surface area contributed by atoms with Gasteiger partial charge in [0, 0.05) is 11.1 Å². The summed E-state index contributed by atoms with van der Waals surface area (Å²) in [6.45, 7) is 9.56. The molecule has 3 atom stereocenters. The van der Waals surface area contributed by atoms with Gasteiger partial charge in [-0.25, -0.2) is 0 Å². The average Bonchev–Trinajstić information content (AvgIpc) is 2.80. The highest BCUT2D eigenvalue weighted by molar-refractivity contribution is 6.30. The third-order valence-corrected chi connectivity index (χ3v) is 6.15. The van der Waals surface area contributed by atoms with Gasteiger partial charge in [-0.3, -0.25) is 4.79 Å². The van der Waals surface area contributed by atoms with Gasteiger partial charge in [0.25, 0.3) is 0 Å². The van der Waals surface area contributed by atoms with Crippen LogP contribution in [-0.2, 0) is 11.2 Å². The maximum Gasteiger partial charge on any atom is 0.237 e. The number of aromatic hydroxyl groups is 1. The largest absolute Gasteiger partial charge is 0.508 e. The number of halogens is 1. The second kappa shape index (κ2) is 14.9. The Balaban J connectivity index is 2.12. The van der Waals surface area contributed by atoms with Gasteiger partial charge in [0.05, 0.1) is 6.04 Å². The highest BCUT2D eigenvalue weighted by Gasteiger charge is 2.22. The average molecular weight is 485 g/mol. The molecule has 5 heteroatoms. The molecule has 0 fully saturated rings. The first kappa shape index (κ1) is 27.9. The van der Waals surface area contributed by atoms with E-state index in [-0.39, 0.29) is 23.7 Å². The summed E-state index contributed by atoms with van der Waals surface area (Å²) < 4.78 is 0. The zero-order valence-corrected chi connectivity index (χ0v) is 21.8. The third-order valence-electron chi connectivity index (χ3n) is 5.90. The minimum absolute atomic E-state index is 0.00201. The standard InChI is InChI=1S/C29H41ClN2O2/c1-5-6-7-22(4)20-31-28(19-24-11-16-27(33)17-12-24)29(34)32-26(18-21(2)3)15-10-23-8-13-25(30)14-9-23/h8-17,21-22,26,28,31,33H,5-7,18-20H2,1-4H3,(H,32,34)/b15-10-/t22-,26+,28-/m0/s1. The fraction of sp³-hybridized carbons (Fsp3) is 0.483. The van der Waals surface area contributed by atoms with Crippen LogP contribution in [0.3, 0.4) is 0 Å². The van der Waals surface area contributed by atoms with Crippen LogP contribution in [0.4, 0.5) is 0 Å². The van der Waals surface area contributed by atoms with Crippen molar-refractivity contribution < 1.29 is 9.90 Å². The summed E-state index contributed by atoms with van der Waals surface area (Å²) in [7, 11) is 0.